The lowest BCUT2D eigenvalue weighted by Gasteiger charge is -2.07. The molecular weight excluding hydrogens is 289 g/mol. The van der Waals surface area contributed by atoms with Crippen LogP contribution in [0.3, 0.4) is 0 Å². The molecule has 0 atom stereocenters. The van der Waals surface area contributed by atoms with Crippen LogP contribution in [0.5, 0.6) is 0 Å². The molecule has 1 amide bonds. The number of anilines is 1. The summed E-state index contributed by atoms with van der Waals surface area (Å²) in [5.74, 6) is -0.824. The van der Waals surface area contributed by atoms with Crippen molar-refractivity contribution in [2.24, 2.45) is 0 Å². The Hall–Kier alpha value is -1.87. The molecule has 0 radical (unpaired) electrons. The second-order valence-corrected chi connectivity index (χ2v) is 5.23. The van der Waals surface area contributed by atoms with Crippen molar-refractivity contribution in [3.8, 4) is 0 Å². The predicted molar refractivity (Wildman–Crippen MR) is 84.2 cm³/mol. The van der Waals surface area contributed by atoms with Gasteiger partial charge in [-0.25, -0.2) is 4.39 Å². The lowest BCUT2D eigenvalue weighted by molar-refractivity contribution is -0.116. The van der Waals surface area contributed by atoms with Gasteiger partial charge in [0.05, 0.1) is 10.7 Å². The van der Waals surface area contributed by atoms with Gasteiger partial charge in [0.2, 0.25) is 5.91 Å². The first-order valence-corrected chi connectivity index (χ1v) is 7.29. The minimum absolute atomic E-state index is 0.00274. The van der Waals surface area contributed by atoms with Crippen molar-refractivity contribution >= 4 is 23.2 Å². The molecule has 2 nitrogen and oxygen atoms in total. The topological polar surface area (TPSA) is 29.1 Å². The van der Waals surface area contributed by atoms with Gasteiger partial charge in [-0.3, -0.25) is 4.79 Å². The van der Waals surface area contributed by atoms with Gasteiger partial charge in [0.25, 0.3) is 0 Å². The Morgan fingerprint density at radius 3 is 2.48 bits per heavy atom. The molecule has 21 heavy (non-hydrogen) atoms. The average Bonchev–Trinajstić information content (AvgIpc) is 2.50. The second kappa shape index (κ2) is 7.23. The predicted octanol–water partition coefficient (Wildman–Crippen LogP) is 4.61. The van der Waals surface area contributed by atoms with Crippen LogP contribution in [0.2, 0.25) is 5.02 Å². The van der Waals surface area contributed by atoms with Crippen LogP contribution >= 0.6 is 11.6 Å². The van der Waals surface area contributed by atoms with E-state index in [1.165, 1.54) is 17.7 Å². The number of rotatable bonds is 5. The van der Waals surface area contributed by atoms with Gasteiger partial charge < -0.3 is 5.32 Å². The highest BCUT2D eigenvalue weighted by molar-refractivity contribution is 6.31. The quantitative estimate of drug-likeness (QED) is 0.858. The van der Waals surface area contributed by atoms with Crippen molar-refractivity contribution in [3.05, 3.63) is 64.4 Å². The molecular formula is C17H17ClFNO. The van der Waals surface area contributed by atoms with Crippen LogP contribution in [0.4, 0.5) is 10.1 Å². The number of hydrogen-bond acceptors (Lipinski definition) is 1. The van der Waals surface area contributed by atoms with E-state index in [1.807, 2.05) is 12.1 Å². The van der Waals surface area contributed by atoms with E-state index >= 15 is 0 Å². The zero-order valence-corrected chi connectivity index (χ0v) is 12.6. The van der Waals surface area contributed by atoms with Gasteiger partial charge in [-0.1, -0.05) is 48.9 Å². The van der Waals surface area contributed by atoms with Crippen molar-refractivity contribution in [2.45, 2.75) is 26.2 Å². The maximum atomic E-state index is 13.7. The first kappa shape index (κ1) is 15.5. The molecule has 110 valence electrons. The van der Waals surface area contributed by atoms with E-state index in [4.69, 9.17) is 11.6 Å². The Kier molecular flexibility index (Phi) is 5.34. The highest BCUT2D eigenvalue weighted by Gasteiger charge is 2.09. The Balaban J connectivity index is 1.91. The van der Waals surface area contributed by atoms with Crippen LogP contribution in [0, 0.1) is 5.82 Å². The van der Waals surface area contributed by atoms with Crippen molar-refractivity contribution in [1.82, 2.24) is 0 Å². The monoisotopic (exact) mass is 305 g/mol. The summed E-state index contributed by atoms with van der Waals surface area (Å²) in [7, 11) is 0. The van der Waals surface area contributed by atoms with E-state index in [0.29, 0.717) is 12.8 Å². The molecule has 0 spiro atoms. The highest BCUT2D eigenvalue weighted by atomic mass is 35.5. The zero-order valence-electron chi connectivity index (χ0n) is 11.8. The van der Waals surface area contributed by atoms with Gasteiger partial charge in [0.15, 0.2) is 5.82 Å². The summed E-state index contributed by atoms with van der Waals surface area (Å²) >= 11 is 5.67. The molecule has 2 aromatic rings. The third-order valence-corrected chi connectivity index (χ3v) is 3.59. The summed E-state index contributed by atoms with van der Waals surface area (Å²) < 4.78 is 13.7. The number of carbonyl (C=O) groups is 1. The standard InChI is InChI=1S/C17H17ClFNO/c1-2-12-6-8-13(9-7-12)10-11-16(21)20-15-5-3-4-14(18)17(15)19/h3-9H,2,10-11H2,1H3,(H,20,21). The summed E-state index contributed by atoms with van der Waals surface area (Å²) in [6.45, 7) is 2.10. The van der Waals surface area contributed by atoms with Crippen molar-refractivity contribution < 1.29 is 9.18 Å². The first-order valence-electron chi connectivity index (χ1n) is 6.92. The van der Waals surface area contributed by atoms with Crippen LogP contribution < -0.4 is 5.32 Å². The van der Waals surface area contributed by atoms with Gasteiger partial charge in [-0.05, 0) is 36.1 Å². The molecule has 0 aliphatic rings. The molecule has 0 saturated carbocycles. The Bertz CT molecular complexity index is 625. The normalized spacial score (nSPS) is 10.4. The minimum atomic E-state index is -0.597. The fourth-order valence-electron chi connectivity index (χ4n) is 2.01. The summed E-state index contributed by atoms with van der Waals surface area (Å²) in [5, 5.41) is 2.55. The van der Waals surface area contributed by atoms with Crippen LogP contribution in [-0.2, 0) is 17.6 Å². The van der Waals surface area contributed by atoms with Gasteiger partial charge in [0.1, 0.15) is 0 Å². The number of carbonyl (C=O) groups excluding carboxylic acids is 1. The third kappa shape index (κ3) is 4.30. The summed E-state index contributed by atoms with van der Waals surface area (Å²) in [6.07, 6.45) is 1.92. The van der Waals surface area contributed by atoms with Gasteiger partial charge in [-0.2, -0.15) is 0 Å². The highest BCUT2D eigenvalue weighted by Crippen LogP contribution is 2.22. The van der Waals surface area contributed by atoms with E-state index in [-0.39, 0.29) is 16.6 Å². The largest absolute Gasteiger partial charge is 0.324 e. The molecule has 0 fully saturated rings. The van der Waals surface area contributed by atoms with Gasteiger partial charge in [0, 0.05) is 6.42 Å². The van der Waals surface area contributed by atoms with E-state index in [2.05, 4.69) is 24.4 Å². The molecule has 0 saturated heterocycles. The van der Waals surface area contributed by atoms with E-state index in [1.54, 1.807) is 6.07 Å². The average molecular weight is 306 g/mol. The Labute approximate surface area is 128 Å². The molecule has 2 rings (SSSR count). The maximum absolute atomic E-state index is 13.7. The lowest BCUT2D eigenvalue weighted by atomic mass is 10.1. The molecule has 0 aliphatic heterocycles. The van der Waals surface area contributed by atoms with E-state index < -0.39 is 5.82 Å². The number of amides is 1. The van der Waals surface area contributed by atoms with Crippen LogP contribution in [0.15, 0.2) is 42.5 Å². The van der Waals surface area contributed by atoms with Crippen LogP contribution in [0.25, 0.3) is 0 Å². The lowest BCUT2D eigenvalue weighted by Crippen LogP contribution is -2.13. The van der Waals surface area contributed by atoms with Gasteiger partial charge >= 0.3 is 0 Å². The maximum Gasteiger partial charge on any atom is 0.224 e. The third-order valence-electron chi connectivity index (χ3n) is 3.30. The molecule has 1 N–H and O–H groups in total. The molecule has 0 bridgehead atoms. The molecule has 0 aromatic heterocycles. The Morgan fingerprint density at radius 1 is 1.14 bits per heavy atom. The van der Waals surface area contributed by atoms with Crippen LogP contribution in [0.1, 0.15) is 24.5 Å². The number of halogens is 2. The molecule has 0 aliphatic carbocycles. The number of hydrogen-bond donors (Lipinski definition) is 1. The number of nitrogens with one attached hydrogen (secondary N) is 1. The van der Waals surface area contributed by atoms with Crippen LogP contribution in [-0.4, -0.2) is 5.91 Å². The second-order valence-electron chi connectivity index (χ2n) is 4.82. The number of aryl methyl sites for hydroxylation is 2. The fourth-order valence-corrected chi connectivity index (χ4v) is 2.19. The summed E-state index contributed by atoms with van der Waals surface area (Å²) in [6, 6.07) is 12.7. The first-order chi connectivity index (χ1) is 10.1. The fraction of sp³-hybridized carbons (Fsp3) is 0.235. The molecule has 0 unspecified atom stereocenters. The molecule has 2 aromatic carbocycles. The zero-order chi connectivity index (χ0) is 15.2. The van der Waals surface area contributed by atoms with E-state index in [9.17, 15) is 9.18 Å². The van der Waals surface area contributed by atoms with Gasteiger partial charge in [-0.15, -0.1) is 0 Å². The molecule has 0 heterocycles. The Morgan fingerprint density at radius 2 is 1.81 bits per heavy atom. The van der Waals surface area contributed by atoms with Crippen molar-refractivity contribution in [3.63, 3.8) is 0 Å². The summed E-state index contributed by atoms with van der Waals surface area (Å²) in [4.78, 5) is 11.9. The molecule has 4 heteroatoms. The van der Waals surface area contributed by atoms with Crippen molar-refractivity contribution in [2.75, 3.05) is 5.32 Å². The SMILES string of the molecule is CCc1ccc(CCC(=O)Nc2cccc(Cl)c2F)cc1. The minimum Gasteiger partial charge on any atom is -0.324 e. The number of benzene rings is 2. The smallest absolute Gasteiger partial charge is 0.224 e. The van der Waals surface area contributed by atoms with Crippen molar-refractivity contribution in [1.29, 1.82) is 0 Å². The summed E-state index contributed by atoms with van der Waals surface area (Å²) in [5.41, 5.74) is 2.48. The van der Waals surface area contributed by atoms with E-state index in [0.717, 1.165) is 12.0 Å².